The molecule has 0 bridgehead atoms. The van der Waals surface area contributed by atoms with E-state index in [1.165, 1.54) is 0 Å². The number of carbonyl (C=O) groups is 1. The summed E-state index contributed by atoms with van der Waals surface area (Å²) in [7, 11) is 0. The van der Waals surface area contributed by atoms with Crippen LogP contribution in [-0.4, -0.2) is 16.9 Å². The van der Waals surface area contributed by atoms with Gasteiger partial charge in [-0.1, -0.05) is 13.3 Å². The molecule has 1 atom stereocenters. The van der Waals surface area contributed by atoms with E-state index >= 15 is 0 Å². The Morgan fingerprint density at radius 1 is 1.69 bits per heavy atom. The first kappa shape index (κ1) is 10.9. The van der Waals surface area contributed by atoms with Crippen molar-refractivity contribution >= 4 is 29.2 Å². The Bertz CT molecular complexity index is 224. The second-order valence-electron chi connectivity index (χ2n) is 3.05. The maximum Gasteiger partial charge on any atom is 0.334 e. The molecule has 0 aliphatic carbocycles. The Labute approximate surface area is 87.8 Å². The predicted octanol–water partition coefficient (Wildman–Crippen LogP) is 2.83. The van der Waals surface area contributed by atoms with Crippen LogP contribution >= 0.6 is 23.2 Å². The van der Waals surface area contributed by atoms with Gasteiger partial charge in [0.15, 0.2) is 0 Å². The molecule has 1 rings (SSSR count). The van der Waals surface area contributed by atoms with Crippen molar-refractivity contribution in [1.82, 2.24) is 0 Å². The van der Waals surface area contributed by atoms with E-state index in [-0.39, 0.29) is 12.1 Å². The zero-order valence-electron chi connectivity index (χ0n) is 7.43. The molecular formula is C9H12Cl2O2. The van der Waals surface area contributed by atoms with Crippen LogP contribution < -0.4 is 0 Å². The van der Waals surface area contributed by atoms with Gasteiger partial charge in [0, 0.05) is 12.0 Å². The maximum atomic E-state index is 11.2. The third-order valence-electron chi connectivity index (χ3n) is 1.92. The van der Waals surface area contributed by atoms with Crippen molar-refractivity contribution in [3.05, 3.63) is 11.6 Å². The van der Waals surface area contributed by atoms with Crippen molar-refractivity contribution in [3.63, 3.8) is 0 Å². The average Bonchev–Trinajstić information content (AvgIpc) is 2.31. The number of esters is 1. The minimum Gasteiger partial charge on any atom is -0.459 e. The lowest BCUT2D eigenvalue weighted by molar-refractivity contribution is -0.139. The summed E-state index contributed by atoms with van der Waals surface area (Å²) in [4.78, 5) is 10.6. The molecule has 0 saturated carbocycles. The Morgan fingerprint density at radius 3 is 2.92 bits per heavy atom. The molecule has 1 saturated heterocycles. The summed E-state index contributed by atoms with van der Waals surface area (Å²) in [6.07, 6.45) is 4.12. The fraction of sp³-hybridized carbons (Fsp3) is 0.667. The molecule has 0 aromatic carbocycles. The first-order chi connectivity index (χ1) is 6.13. The van der Waals surface area contributed by atoms with Crippen LogP contribution in [0.5, 0.6) is 0 Å². The van der Waals surface area contributed by atoms with Crippen molar-refractivity contribution in [3.8, 4) is 0 Å². The molecule has 1 unspecified atom stereocenters. The van der Waals surface area contributed by atoms with E-state index < -0.39 is 4.84 Å². The van der Waals surface area contributed by atoms with E-state index in [1.807, 2.05) is 0 Å². The fourth-order valence-corrected chi connectivity index (χ4v) is 1.67. The molecule has 0 aromatic heterocycles. The van der Waals surface area contributed by atoms with Gasteiger partial charge in [0.25, 0.3) is 0 Å². The van der Waals surface area contributed by atoms with Gasteiger partial charge in [0.05, 0.1) is 0 Å². The SMILES string of the molecule is CCCC1C/C(=C\C(Cl)Cl)C(=O)O1. The van der Waals surface area contributed by atoms with Gasteiger partial charge in [-0.15, -0.1) is 23.2 Å². The second-order valence-corrected chi connectivity index (χ2v) is 4.21. The first-order valence-corrected chi connectivity index (χ1v) is 5.20. The molecule has 0 spiro atoms. The summed E-state index contributed by atoms with van der Waals surface area (Å²) < 4.78 is 5.09. The Kier molecular flexibility index (Phi) is 4.07. The highest BCUT2D eigenvalue weighted by atomic mass is 35.5. The minimum absolute atomic E-state index is 0.0239. The van der Waals surface area contributed by atoms with Crippen molar-refractivity contribution in [2.24, 2.45) is 0 Å². The number of rotatable bonds is 3. The zero-order valence-corrected chi connectivity index (χ0v) is 8.94. The molecule has 0 radical (unpaired) electrons. The average molecular weight is 223 g/mol. The molecule has 1 fully saturated rings. The standard InChI is InChI=1S/C9H12Cl2O2/c1-2-3-7-4-6(5-8(10)11)9(12)13-7/h5,7-8H,2-4H2,1H3/b6-5+. The van der Waals surface area contributed by atoms with E-state index in [4.69, 9.17) is 27.9 Å². The van der Waals surface area contributed by atoms with Gasteiger partial charge in [0.1, 0.15) is 10.9 Å². The number of hydrogen-bond acceptors (Lipinski definition) is 2. The van der Waals surface area contributed by atoms with Crippen molar-refractivity contribution < 1.29 is 9.53 Å². The summed E-state index contributed by atoms with van der Waals surface area (Å²) in [5.74, 6) is -0.273. The van der Waals surface area contributed by atoms with Gasteiger partial charge < -0.3 is 4.74 Å². The fourth-order valence-electron chi connectivity index (χ4n) is 1.37. The third-order valence-corrected chi connectivity index (χ3v) is 2.17. The van der Waals surface area contributed by atoms with E-state index in [0.717, 1.165) is 12.8 Å². The smallest absolute Gasteiger partial charge is 0.334 e. The number of cyclic esters (lactones) is 1. The lowest BCUT2D eigenvalue weighted by Gasteiger charge is -2.04. The highest BCUT2D eigenvalue weighted by molar-refractivity contribution is 6.45. The molecule has 1 heterocycles. The van der Waals surface area contributed by atoms with Crippen molar-refractivity contribution in [1.29, 1.82) is 0 Å². The van der Waals surface area contributed by atoms with E-state index in [9.17, 15) is 4.79 Å². The predicted molar refractivity (Wildman–Crippen MR) is 53.0 cm³/mol. The molecule has 74 valence electrons. The molecule has 2 nitrogen and oxygen atoms in total. The van der Waals surface area contributed by atoms with Crippen LogP contribution in [0, 0.1) is 0 Å². The third kappa shape index (κ3) is 3.20. The largest absolute Gasteiger partial charge is 0.459 e. The summed E-state index contributed by atoms with van der Waals surface area (Å²) >= 11 is 11.1. The number of allylic oxidation sites excluding steroid dienone is 1. The van der Waals surface area contributed by atoms with Gasteiger partial charge in [-0.25, -0.2) is 4.79 Å². The van der Waals surface area contributed by atoms with Crippen molar-refractivity contribution in [2.45, 2.75) is 37.1 Å². The van der Waals surface area contributed by atoms with Crippen LogP contribution in [0.1, 0.15) is 26.2 Å². The normalized spacial score (nSPS) is 25.7. The van der Waals surface area contributed by atoms with E-state index in [2.05, 4.69) is 6.92 Å². The Hall–Kier alpha value is -0.210. The number of hydrogen-bond donors (Lipinski definition) is 0. The second kappa shape index (κ2) is 4.87. The van der Waals surface area contributed by atoms with E-state index in [0.29, 0.717) is 12.0 Å². The first-order valence-electron chi connectivity index (χ1n) is 4.33. The van der Waals surface area contributed by atoms with Crippen molar-refractivity contribution in [2.75, 3.05) is 0 Å². The monoisotopic (exact) mass is 222 g/mol. The highest BCUT2D eigenvalue weighted by Crippen LogP contribution is 2.25. The number of carbonyl (C=O) groups excluding carboxylic acids is 1. The van der Waals surface area contributed by atoms with Crippen LogP contribution in [0.3, 0.4) is 0 Å². The molecule has 0 aromatic rings. The van der Waals surface area contributed by atoms with Gasteiger partial charge in [-0.3, -0.25) is 0 Å². The topological polar surface area (TPSA) is 26.3 Å². The number of halogens is 2. The lowest BCUT2D eigenvalue weighted by atomic mass is 10.1. The number of ether oxygens (including phenoxy) is 1. The molecule has 1 aliphatic rings. The lowest BCUT2D eigenvalue weighted by Crippen LogP contribution is -2.05. The molecule has 4 heteroatoms. The zero-order chi connectivity index (χ0) is 9.84. The van der Waals surface area contributed by atoms with Gasteiger partial charge in [0.2, 0.25) is 0 Å². The highest BCUT2D eigenvalue weighted by Gasteiger charge is 2.28. The van der Waals surface area contributed by atoms with Crippen LogP contribution in [0.15, 0.2) is 11.6 Å². The van der Waals surface area contributed by atoms with Crippen LogP contribution in [0.2, 0.25) is 0 Å². The van der Waals surface area contributed by atoms with Gasteiger partial charge in [-0.05, 0) is 12.5 Å². The van der Waals surface area contributed by atoms with Crippen LogP contribution in [0.4, 0.5) is 0 Å². The summed E-state index contributed by atoms with van der Waals surface area (Å²) in [5.41, 5.74) is 0.605. The number of alkyl halides is 2. The van der Waals surface area contributed by atoms with Gasteiger partial charge >= 0.3 is 5.97 Å². The molecule has 0 amide bonds. The summed E-state index contributed by atoms with van der Waals surface area (Å²) in [6.45, 7) is 2.06. The quantitative estimate of drug-likeness (QED) is 0.417. The summed E-state index contributed by atoms with van der Waals surface area (Å²) in [6, 6.07) is 0. The Balaban J connectivity index is 2.56. The summed E-state index contributed by atoms with van der Waals surface area (Å²) in [5, 5.41) is 0. The minimum atomic E-state index is -0.622. The van der Waals surface area contributed by atoms with Gasteiger partial charge in [-0.2, -0.15) is 0 Å². The molecule has 13 heavy (non-hydrogen) atoms. The van der Waals surface area contributed by atoms with E-state index in [1.54, 1.807) is 6.08 Å². The molecular weight excluding hydrogens is 211 g/mol. The molecule has 0 N–H and O–H groups in total. The van der Waals surface area contributed by atoms with Crippen LogP contribution in [0.25, 0.3) is 0 Å². The van der Waals surface area contributed by atoms with Crippen LogP contribution in [-0.2, 0) is 9.53 Å². The Morgan fingerprint density at radius 2 is 2.38 bits per heavy atom. The maximum absolute atomic E-state index is 11.2. The molecule has 1 aliphatic heterocycles.